The molecule has 2 atom stereocenters. The summed E-state index contributed by atoms with van der Waals surface area (Å²) in [5.41, 5.74) is 6.26. The molecule has 12 heteroatoms. The van der Waals surface area contributed by atoms with Gasteiger partial charge in [0.05, 0.1) is 19.4 Å². The maximum absolute atomic E-state index is 13.0. The summed E-state index contributed by atoms with van der Waals surface area (Å²) in [6, 6.07) is 3.15. The third kappa shape index (κ3) is 11.9. The van der Waals surface area contributed by atoms with E-state index >= 15 is 0 Å². The lowest BCUT2D eigenvalue weighted by Crippen LogP contribution is -2.57. The fraction of sp³-hybridized carbons (Fsp3) is 0.879. The first kappa shape index (κ1) is 36.3. The number of piperazine rings is 1. The van der Waals surface area contributed by atoms with E-state index in [-0.39, 0.29) is 12.1 Å². The average Bonchev–Trinajstić information content (AvgIpc) is 3.02. The van der Waals surface area contributed by atoms with Crippen LogP contribution in [0, 0.1) is 11.8 Å². The third-order valence-electron chi connectivity index (χ3n) is 9.96. The number of hydrogen-bond acceptors (Lipinski definition) is 11. The van der Waals surface area contributed by atoms with Crippen LogP contribution in [-0.4, -0.2) is 98.2 Å². The molecule has 0 aromatic carbocycles. The number of nitrogen functional groups attached to an aromatic ring is 1. The first-order valence-corrected chi connectivity index (χ1v) is 19.7. The van der Waals surface area contributed by atoms with E-state index in [0.29, 0.717) is 43.6 Å². The Morgan fingerprint density at radius 2 is 1.56 bits per heavy atom. The van der Waals surface area contributed by atoms with Gasteiger partial charge >= 0.3 is 7.60 Å². The number of aromatic nitrogens is 2. The molecule has 45 heavy (non-hydrogen) atoms. The van der Waals surface area contributed by atoms with Crippen LogP contribution in [0.1, 0.15) is 91.9 Å². The molecule has 3 aliphatic rings. The lowest BCUT2D eigenvalue weighted by Gasteiger charge is -2.45. The van der Waals surface area contributed by atoms with Crippen molar-refractivity contribution in [3.05, 3.63) is 6.07 Å². The first-order chi connectivity index (χ1) is 21.8. The highest BCUT2D eigenvalue weighted by atomic mass is 31.2. The average molecular weight is 651 g/mol. The largest absolute Gasteiger partial charge is 0.383 e. The van der Waals surface area contributed by atoms with Gasteiger partial charge in [-0.1, -0.05) is 19.3 Å². The van der Waals surface area contributed by atoms with Crippen LogP contribution >= 0.6 is 7.60 Å². The van der Waals surface area contributed by atoms with E-state index in [1.807, 2.05) is 19.9 Å². The zero-order chi connectivity index (χ0) is 32.1. The van der Waals surface area contributed by atoms with Crippen molar-refractivity contribution >= 4 is 25.2 Å². The molecule has 0 amide bonds. The van der Waals surface area contributed by atoms with Crippen LogP contribution in [0.25, 0.3) is 0 Å². The lowest BCUT2D eigenvalue weighted by molar-refractivity contribution is 0.135. The van der Waals surface area contributed by atoms with Gasteiger partial charge in [0.15, 0.2) is 0 Å². The molecular weight excluding hydrogens is 587 g/mol. The number of nitrogens with two attached hydrogens (primary N) is 1. The fourth-order valence-corrected chi connectivity index (χ4v) is 9.08. The van der Waals surface area contributed by atoms with E-state index in [9.17, 15) is 4.57 Å². The summed E-state index contributed by atoms with van der Waals surface area (Å²) >= 11 is 0. The molecule has 5 N–H and O–H groups in total. The van der Waals surface area contributed by atoms with Gasteiger partial charge in [0.25, 0.3) is 0 Å². The molecule has 4 rings (SSSR count). The van der Waals surface area contributed by atoms with E-state index in [0.717, 1.165) is 57.0 Å². The molecule has 0 spiro atoms. The monoisotopic (exact) mass is 650 g/mol. The highest BCUT2D eigenvalue weighted by molar-refractivity contribution is 7.53. The van der Waals surface area contributed by atoms with Gasteiger partial charge in [0.1, 0.15) is 11.6 Å². The van der Waals surface area contributed by atoms with Crippen molar-refractivity contribution in [3.63, 3.8) is 0 Å². The molecule has 258 valence electrons. The quantitative estimate of drug-likeness (QED) is 0.121. The number of rotatable bonds is 18. The maximum Gasteiger partial charge on any atom is 0.331 e. The normalized spacial score (nSPS) is 25.5. The molecule has 1 aromatic heterocycles. The molecule has 3 fully saturated rings. The Hall–Kier alpha value is -1.49. The minimum Gasteiger partial charge on any atom is -0.383 e. The van der Waals surface area contributed by atoms with Gasteiger partial charge < -0.3 is 35.6 Å². The standard InChI is InChI=1S/C33H63N8O3P/c1-5-43-45(42,44-6-2)20-19-41-26(3)24-40(25-27(41)4)32-21-31(34)38-33(39-32)37-23-29-15-13-28(14-16-29)22-35-17-10-18-36-30-11-8-7-9-12-30/h21,26-30,35-36H,5-20,22-25H2,1-4H3,(H3,34,37,38,39)/t26?,27?,28-,29-. The van der Waals surface area contributed by atoms with Crippen molar-refractivity contribution in [2.75, 3.05) is 81.1 Å². The summed E-state index contributed by atoms with van der Waals surface area (Å²) in [6.45, 7) is 15.5. The highest BCUT2D eigenvalue weighted by Crippen LogP contribution is 2.48. The van der Waals surface area contributed by atoms with E-state index in [1.54, 1.807) is 0 Å². The second-order valence-corrected chi connectivity index (χ2v) is 15.8. The summed E-state index contributed by atoms with van der Waals surface area (Å²) in [4.78, 5) is 14.1. The molecule has 0 radical (unpaired) electrons. The van der Waals surface area contributed by atoms with Crippen LogP contribution in [0.2, 0.25) is 0 Å². The summed E-state index contributed by atoms with van der Waals surface area (Å²) in [7, 11) is -3.07. The fourth-order valence-electron chi connectivity index (χ4n) is 7.48. The molecule has 1 aliphatic heterocycles. The van der Waals surface area contributed by atoms with Gasteiger partial charge in [-0.3, -0.25) is 9.46 Å². The zero-order valence-corrected chi connectivity index (χ0v) is 29.5. The van der Waals surface area contributed by atoms with Crippen molar-refractivity contribution in [2.24, 2.45) is 11.8 Å². The minimum atomic E-state index is -3.07. The molecule has 2 aliphatic carbocycles. The summed E-state index contributed by atoms with van der Waals surface area (Å²) in [5.74, 6) is 3.40. The molecule has 1 saturated heterocycles. The SMILES string of the molecule is CCOP(=O)(CCN1C(C)CN(c2cc(N)nc(NC[C@H]3CC[C@H](CNCCCNC4CCCCC4)CC3)n2)CC1C)OCC. The van der Waals surface area contributed by atoms with Gasteiger partial charge in [0, 0.05) is 50.4 Å². The van der Waals surface area contributed by atoms with Crippen LogP contribution in [0.3, 0.4) is 0 Å². The van der Waals surface area contributed by atoms with E-state index in [2.05, 4.69) is 44.6 Å². The van der Waals surface area contributed by atoms with E-state index in [4.69, 9.17) is 19.8 Å². The van der Waals surface area contributed by atoms with Crippen LogP contribution in [0.4, 0.5) is 17.6 Å². The van der Waals surface area contributed by atoms with Crippen LogP contribution in [-0.2, 0) is 13.6 Å². The minimum absolute atomic E-state index is 0.251. The number of nitrogens with one attached hydrogen (secondary N) is 3. The molecule has 2 unspecified atom stereocenters. The Morgan fingerprint density at radius 3 is 2.20 bits per heavy atom. The van der Waals surface area contributed by atoms with Crippen LogP contribution < -0.4 is 26.6 Å². The van der Waals surface area contributed by atoms with Crippen molar-refractivity contribution in [2.45, 2.75) is 110 Å². The molecule has 0 bridgehead atoms. The predicted molar refractivity (Wildman–Crippen MR) is 186 cm³/mol. The second kappa shape index (κ2) is 18.7. The van der Waals surface area contributed by atoms with E-state index < -0.39 is 7.60 Å². The van der Waals surface area contributed by atoms with Gasteiger partial charge in [-0.15, -0.1) is 0 Å². The summed E-state index contributed by atoms with van der Waals surface area (Å²) in [5, 5.41) is 11.0. The molecule has 2 saturated carbocycles. The smallest absolute Gasteiger partial charge is 0.331 e. The second-order valence-electron chi connectivity index (χ2n) is 13.6. The van der Waals surface area contributed by atoms with Crippen molar-refractivity contribution in [1.82, 2.24) is 25.5 Å². The Kier molecular flexibility index (Phi) is 15.1. The van der Waals surface area contributed by atoms with Crippen LogP contribution in [0.5, 0.6) is 0 Å². The topological polar surface area (TPSA) is 130 Å². The number of hydrogen-bond donors (Lipinski definition) is 4. The van der Waals surface area contributed by atoms with E-state index in [1.165, 1.54) is 64.2 Å². The van der Waals surface area contributed by atoms with Crippen molar-refractivity contribution < 1.29 is 13.6 Å². The van der Waals surface area contributed by atoms with Gasteiger partial charge in [-0.05, 0) is 104 Å². The third-order valence-corrected chi connectivity index (χ3v) is 12.0. The summed E-state index contributed by atoms with van der Waals surface area (Å²) in [6.07, 6.45) is 13.6. The summed E-state index contributed by atoms with van der Waals surface area (Å²) < 4.78 is 24.0. The molecule has 2 heterocycles. The van der Waals surface area contributed by atoms with Gasteiger partial charge in [-0.25, -0.2) is 0 Å². The van der Waals surface area contributed by atoms with Gasteiger partial charge in [-0.2, -0.15) is 9.97 Å². The number of nitrogens with zero attached hydrogens (tertiary/aromatic N) is 4. The Labute approximate surface area is 273 Å². The first-order valence-electron chi connectivity index (χ1n) is 18.0. The zero-order valence-electron chi connectivity index (χ0n) is 28.6. The Morgan fingerprint density at radius 1 is 0.911 bits per heavy atom. The maximum atomic E-state index is 13.0. The predicted octanol–water partition coefficient (Wildman–Crippen LogP) is 5.34. The van der Waals surface area contributed by atoms with Crippen LogP contribution in [0.15, 0.2) is 6.07 Å². The highest BCUT2D eigenvalue weighted by Gasteiger charge is 2.33. The Balaban J connectivity index is 1.15. The molecular formula is C33H63N8O3P. The Bertz CT molecular complexity index is 1020. The number of anilines is 3. The lowest BCUT2D eigenvalue weighted by atomic mass is 9.82. The van der Waals surface area contributed by atoms with Gasteiger partial charge in [0.2, 0.25) is 5.95 Å². The van der Waals surface area contributed by atoms with Crippen molar-refractivity contribution in [3.8, 4) is 0 Å². The van der Waals surface area contributed by atoms with Crippen molar-refractivity contribution in [1.29, 1.82) is 0 Å². The molecule has 11 nitrogen and oxygen atoms in total. The molecule has 1 aromatic rings.